The van der Waals surface area contributed by atoms with E-state index < -0.39 is 0 Å². The number of anilines is 1. The quantitative estimate of drug-likeness (QED) is 0.909. The van der Waals surface area contributed by atoms with Crippen molar-refractivity contribution in [1.29, 1.82) is 0 Å². The smallest absolute Gasteiger partial charge is 0.129 e. The van der Waals surface area contributed by atoms with Gasteiger partial charge in [0.15, 0.2) is 0 Å². The van der Waals surface area contributed by atoms with Crippen LogP contribution in [0.4, 0.5) is 5.82 Å². The zero-order chi connectivity index (χ0) is 15.5. The fourth-order valence-electron chi connectivity index (χ4n) is 3.19. The first-order valence-electron chi connectivity index (χ1n) is 8.34. The van der Waals surface area contributed by atoms with E-state index in [9.17, 15) is 5.11 Å². The van der Waals surface area contributed by atoms with Crippen molar-refractivity contribution in [2.45, 2.75) is 77.9 Å². The van der Waals surface area contributed by atoms with E-state index in [1.165, 1.54) is 32.1 Å². The molecular weight excluding hydrogens is 260 g/mol. The minimum atomic E-state index is 0.00586. The number of aromatic nitrogens is 1. The van der Waals surface area contributed by atoms with Crippen LogP contribution in [0.3, 0.4) is 0 Å². The van der Waals surface area contributed by atoms with Crippen molar-refractivity contribution in [3.8, 4) is 0 Å². The minimum absolute atomic E-state index is 0.00586. The zero-order valence-corrected chi connectivity index (χ0v) is 14.0. The third-order valence-corrected chi connectivity index (χ3v) is 4.47. The number of aliphatic hydroxyl groups excluding tert-OH is 1. The molecule has 1 N–H and O–H groups in total. The highest BCUT2D eigenvalue weighted by Crippen LogP contribution is 2.29. The second-order valence-electron chi connectivity index (χ2n) is 7.20. The Hall–Kier alpha value is -1.09. The molecule has 0 aromatic carbocycles. The summed E-state index contributed by atoms with van der Waals surface area (Å²) in [6.45, 7) is 9.81. The Balaban J connectivity index is 2.35. The first-order chi connectivity index (χ1) is 9.95. The van der Waals surface area contributed by atoms with Crippen molar-refractivity contribution >= 4 is 5.82 Å². The largest absolute Gasteiger partial charge is 0.392 e. The third kappa shape index (κ3) is 3.97. The van der Waals surface area contributed by atoms with Crippen LogP contribution in [-0.4, -0.2) is 22.7 Å². The molecule has 2 rings (SSSR count). The molecule has 21 heavy (non-hydrogen) atoms. The van der Waals surface area contributed by atoms with Gasteiger partial charge in [-0.15, -0.1) is 0 Å². The van der Waals surface area contributed by atoms with E-state index >= 15 is 0 Å². The van der Waals surface area contributed by atoms with E-state index in [2.05, 4.69) is 38.7 Å². The molecule has 1 aromatic heterocycles. The molecule has 3 heteroatoms. The Morgan fingerprint density at radius 3 is 2.38 bits per heavy atom. The van der Waals surface area contributed by atoms with E-state index in [4.69, 9.17) is 4.98 Å². The van der Waals surface area contributed by atoms with Gasteiger partial charge in [-0.1, -0.05) is 40.0 Å². The number of aliphatic hydroxyl groups is 1. The Bertz CT molecular complexity index is 459. The lowest BCUT2D eigenvalue weighted by atomic mass is 9.90. The van der Waals surface area contributed by atoms with E-state index in [1.54, 1.807) is 0 Å². The molecule has 1 aliphatic carbocycles. The molecule has 0 bridgehead atoms. The molecule has 0 spiro atoms. The summed E-state index contributed by atoms with van der Waals surface area (Å²) in [6.07, 6.45) is 6.55. The van der Waals surface area contributed by atoms with Crippen LogP contribution in [0.15, 0.2) is 12.1 Å². The van der Waals surface area contributed by atoms with E-state index in [0.717, 1.165) is 23.6 Å². The molecule has 0 saturated heterocycles. The van der Waals surface area contributed by atoms with Crippen molar-refractivity contribution in [2.24, 2.45) is 0 Å². The normalized spacial score (nSPS) is 17.0. The number of hydrogen-bond acceptors (Lipinski definition) is 3. The van der Waals surface area contributed by atoms with Gasteiger partial charge in [0.2, 0.25) is 0 Å². The summed E-state index contributed by atoms with van der Waals surface area (Å²) in [6, 6.07) is 4.71. The second kappa shape index (κ2) is 6.78. The molecule has 0 radical (unpaired) electrons. The van der Waals surface area contributed by atoms with Crippen LogP contribution in [0.5, 0.6) is 0 Å². The fraction of sp³-hybridized carbons (Fsp3) is 0.722. The van der Waals surface area contributed by atoms with Crippen LogP contribution in [0.25, 0.3) is 0 Å². The maximum absolute atomic E-state index is 9.57. The summed E-state index contributed by atoms with van der Waals surface area (Å²) in [5.41, 5.74) is 2.05. The van der Waals surface area contributed by atoms with Crippen molar-refractivity contribution in [1.82, 2.24) is 4.98 Å². The lowest BCUT2D eigenvalue weighted by Gasteiger charge is -2.35. The number of rotatable bonds is 4. The molecule has 0 amide bonds. The van der Waals surface area contributed by atoms with Gasteiger partial charge in [-0.2, -0.15) is 0 Å². The van der Waals surface area contributed by atoms with Crippen molar-refractivity contribution in [2.75, 3.05) is 11.4 Å². The monoisotopic (exact) mass is 290 g/mol. The maximum atomic E-state index is 9.57. The van der Waals surface area contributed by atoms with Gasteiger partial charge in [-0.05, 0) is 37.5 Å². The summed E-state index contributed by atoms with van der Waals surface area (Å²) in [7, 11) is 0. The Kier molecular flexibility index (Phi) is 5.26. The molecule has 0 atom stereocenters. The van der Waals surface area contributed by atoms with Crippen LogP contribution in [0.1, 0.15) is 71.1 Å². The summed E-state index contributed by atoms with van der Waals surface area (Å²) in [5, 5.41) is 9.57. The minimum Gasteiger partial charge on any atom is -0.392 e. The van der Waals surface area contributed by atoms with Gasteiger partial charge in [0.1, 0.15) is 5.82 Å². The average molecular weight is 290 g/mol. The summed E-state index contributed by atoms with van der Waals surface area (Å²) in [4.78, 5) is 7.35. The number of pyridine rings is 1. The highest BCUT2D eigenvalue weighted by Gasteiger charge is 2.23. The van der Waals surface area contributed by atoms with E-state index in [0.29, 0.717) is 6.04 Å². The Morgan fingerprint density at radius 1 is 1.19 bits per heavy atom. The molecule has 0 unspecified atom stereocenters. The van der Waals surface area contributed by atoms with Crippen molar-refractivity contribution < 1.29 is 5.11 Å². The van der Waals surface area contributed by atoms with Gasteiger partial charge < -0.3 is 10.0 Å². The molecule has 1 saturated carbocycles. The highest BCUT2D eigenvalue weighted by molar-refractivity contribution is 5.45. The van der Waals surface area contributed by atoms with Gasteiger partial charge in [-0.25, -0.2) is 4.98 Å². The summed E-state index contributed by atoms with van der Waals surface area (Å²) >= 11 is 0. The predicted octanol–water partition coefficient (Wildman–Crippen LogP) is 4.03. The van der Waals surface area contributed by atoms with E-state index in [1.807, 2.05) is 6.07 Å². The first kappa shape index (κ1) is 16.3. The highest BCUT2D eigenvalue weighted by atomic mass is 16.3. The SMILES string of the molecule is CCN(c1cc(CO)cc(C(C)(C)C)n1)C1CCCCC1. The van der Waals surface area contributed by atoms with Crippen LogP contribution in [0, 0.1) is 0 Å². The fourth-order valence-corrected chi connectivity index (χ4v) is 3.19. The molecule has 3 nitrogen and oxygen atoms in total. The second-order valence-corrected chi connectivity index (χ2v) is 7.20. The lowest BCUT2D eigenvalue weighted by Crippen LogP contribution is -2.37. The average Bonchev–Trinajstić information content (AvgIpc) is 2.48. The molecule has 0 aliphatic heterocycles. The third-order valence-electron chi connectivity index (χ3n) is 4.47. The van der Waals surface area contributed by atoms with E-state index in [-0.39, 0.29) is 12.0 Å². The molecule has 1 aliphatic rings. The number of nitrogens with zero attached hydrogens (tertiary/aromatic N) is 2. The summed E-state index contributed by atoms with van der Waals surface area (Å²) in [5.74, 6) is 1.04. The Morgan fingerprint density at radius 2 is 1.86 bits per heavy atom. The van der Waals surface area contributed by atoms with Crippen molar-refractivity contribution in [3.05, 3.63) is 23.4 Å². The Labute approximate surface area is 129 Å². The molecular formula is C18H30N2O. The van der Waals surface area contributed by atoms with Gasteiger partial charge >= 0.3 is 0 Å². The molecule has 1 aromatic rings. The molecule has 1 heterocycles. The standard InChI is InChI=1S/C18H30N2O/c1-5-20(15-9-7-6-8-10-15)17-12-14(13-21)11-16(19-17)18(2,3)4/h11-12,15,21H,5-10,13H2,1-4H3. The van der Waals surface area contributed by atoms with Crippen LogP contribution < -0.4 is 4.90 Å². The van der Waals surface area contributed by atoms with Crippen LogP contribution in [0.2, 0.25) is 0 Å². The van der Waals surface area contributed by atoms with Gasteiger partial charge in [0, 0.05) is 23.7 Å². The van der Waals surface area contributed by atoms with Crippen LogP contribution >= 0.6 is 0 Å². The maximum Gasteiger partial charge on any atom is 0.129 e. The number of hydrogen-bond donors (Lipinski definition) is 1. The topological polar surface area (TPSA) is 36.4 Å². The van der Waals surface area contributed by atoms with Gasteiger partial charge in [0.05, 0.1) is 6.61 Å². The molecule has 118 valence electrons. The van der Waals surface area contributed by atoms with Crippen molar-refractivity contribution in [3.63, 3.8) is 0 Å². The molecule has 1 fully saturated rings. The summed E-state index contributed by atoms with van der Waals surface area (Å²) < 4.78 is 0. The predicted molar refractivity (Wildman–Crippen MR) is 88.8 cm³/mol. The van der Waals surface area contributed by atoms with Gasteiger partial charge in [0.25, 0.3) is 0 Å². The lowest BCUT2D eigenvalue weighted by molar-refractivity contribution is 0.281. The first-order valence-corrected chi connectivity index (χ1v) is 8.34. The van der Waals surface area contributed by atoms with Crippen LogP contribution in [-0.2, 0) is 12.0 Å². The van der Waals surface area contributed by atoms with Gasteiger partial charge in [-0.3, -0.25) is 0 Å². The zero-order valence-electron chi connectivity index (χ0n) is 14.0.